The minimum absolute atomic E-state index is 0.0219. The van der Waals surface area contributed by atoms with Crippen molar-refractivity contribution in [3.63, 3.8) is 0 Å². The summed E-state index contributed by atoms with van der Waals surface area (Å²) in [5.74, 6) is -0.120. The summed E-state index contributed by atoms with van der Waals surface area (Å²) in [6.45, 7) is 5.99. The van der Waals surface area contributed by atoms with E-state index in [1.165, 1.54) is 0 Å². The highest BCUT2D eigenvalue weighted by molar-refractivity contribution is 6.30. The molecule has 0 aromatic heterocycles. The first-order valence-corrected chi connectivity index (χ1v) is 12.5. The molecule has 3 aromatic rings. The highest BCUT2D eigenvalue weighted by Gasteiger charge is 2.36. The van der Waals surface area contributed by atoms with Crippen LogP contribution in [0.2, 0.25) is 5.02 Å². The molecule has 37 heavy (non-hydrogen) atoms. The standard InChI is InChI=1S/C29H29ClN2O5/c1-18(2)25-12-7-19(3)13-26(25)37-24-10-8-23(9-11-24)32-16-20(14-28(32)34)29(35)36-17-27(33)31-22-6-4-5-21(30)15-22/h4-13,15,18,20H,14,16-17H2,1-3H3,(H,31,33)/t20-/m1/s1. The first kappa shape index (κ1) is 26.2. The van der Waals surface area contributed by atoms with Gasteiger partial charge in [0, 0.05) is 29.4 Å². The number of halogens is 1. The van der Waals surface area contributed by atoms with Gasteiger partial charge in [0.2, 0.25) is 5.91 Å². The van der Waals surface area contributed by atoms with E-state index in [1.54, 1.807) is 53.4 Å². The summed E-state index contributed by atoms with van der Waals surface area (Å²) in [6, 6.07) is 20.0. The zero-order valence-corrected chi connectivity index (χ0v) is 21.7. The number of nitrogens with zero attached hydrogens (tertiary/aromatic N) is 1. The van der Waals surface area contributed by atoms with Crippen molar-refractivity contribution < 1.29 is 23.9 Å². The molecule has 8 heteroatoms. The van der Waals surface area contributed by atoms with Gasteiger partial charge in [-0.25, -0.2) is 0 Å². The maximum atomic E-state index is 12.6. The molecule has 1 saturated heterocycles. The maximum absolute atomic E-state index is 12.6. The van der Waals surface area contributed by atoms with E-state index in [2.05, 4.69) is 31.3 Å². The number of hydrogen-bond acceptors (Lipinski definition) is 5. The van der Waals surface area contributed by atoms with Gasteiger partial charge >= 0.3 is 5.97 Å². The molecule has 1 aliphatic rings. The number of hydrogen-bond donors (Lipinski definition) is 1. The molecule has 4 rings (SSSR count). The number of ether oxygens (including phenoxy) is 2. The van der Waals surface area contributed by atoms with Crippen LogP contribution in [0, 0.1) is 12.8 Å². The molecule has 0 unspecified atom stereocenters. The Kier molecular flexibility index (Phi) is 8.14. The van der Waals surface area contributed by atoms with E-state index in [9.17, 15) is 14.4 Å². The van der Waals surface area contributed by atoms with Crippen molar-refractivity contribution in [3.8, 4) is 11.5 Å². The third kappa shape index (κ3) is 6.68. The lowest BCUT2D eigenvalue weighted by molar-refractivity contribution is -0.151. The first-order chi connectivity index (χ1) is 17.7. The van der Waals surface area contributed by atoms with Crippen molar-refractivity contribution in [1.29, 1.82) is 0 Å². The second-order valence-electron chi connectivity index (χ2n) is 9.36. The number of carbonyl (C=O) groups excluding carboxylic acids is 3. The first-order valence-electron chi connectivity index (χ1n) is 12.1. The molecule has 1 aliphatic heterocycles. The van der Waals surface area contributed by atoms with E-state index < -0.39 is 24.4 Å². The average Bonchev–Trinajstić information content (AvgIpc) is 3.24. The minimum Gasteiger partial charge on any atom is -0.457 e. The van der Waals surface area contributed by atoms with Crippen LogP contribution in [-0.2, 0) is 19.1 Å². The van der Waals surface area contributed by atoms with Crippen LogP contribution in [0.1, 0.15) is 37.3 Å². The van der Waals surface area contributed by atoms with Gasteiger partial charge in [0.25, 0.3) is 5.91 Å². The topological polar surface area (TPSA) is 84.9 Å². The molecule has 3 aromatic carbocycles. The molecule has 0 radical (unpaired) electrons. The third-order valence-electron chi connectivity index (χ3n) is 6.08. The van der Waals surface area contributed by atoms with E-state index in [0.29, 0.717) is 28.1 Å². The molecule has 0 spiro atoms. The van der Waals surface area contributed by atoms with E-state index >= 15 is 0 Å². The largest absolute Gasteiger partial charge is 0.457 e. The number of benzene rings is 3. The summed E-state index contributed by atoms with van der Waals surface area (Å²) >= 11 is 5.91. The Bertz CT molecular complexity index is 1310. The van der Waals surface area contributed by atoms with Crippen molar-refractivity contribution in [2.24, 2.45) is 5.92 Å². The highest BCUT2D eigenvalue weighted by atomic mass is 35.5. The quantitative estimate of drug-likeness (QED) is 0.363. The number of amides is 2. The van der Waals surface area contributed by atoms with Gasteiger partial charge in [-0.2, -0.15) is 0 Å². The number of anilines is 2. The Morgan fingerprint density at radius 2 is 1.84 bits per heavy atom. The predicted molar refractivity (Wildman–Crippen MR) is 143 cm³/mol. The molecule has 192 valence electrons. The molecule has 0 saturated carbocycles. The van der Waals surface area contributed by atoms with E-state index in [1.807, 2.05) is 13.0 Å². The maximum Gasteiger partial charge on any atom is 0.311 e. The van der Waals surface area contributed by atoms with Crippen molar-refractivity contribution in [1.82, 2.24) is 0 Å². The van der Waals surface area contributed by atoms with Crippen molar-refractivity contribution >= 4 is 40.8 Å². The second kappa shape index (κ2) is 11.5. The summed E-state index contributed by atoms with van der Waals surface area (Å²) < 4.78 is 11.3. The van der Waals surface area contributed by atoms with Crippen LogP contribution in [0.4, 0.5) is 11.4 Å². The van der Waals surface area contributed by atoms with Crippen molar-refractivity contribution in [3.05, 3.63) is 82.9 Å². The monoisotopic (exact) mass is 520 g/mol. The van der Waals surface area contributed by atoms with Gasteiger partial charge in [0.05, 0.1) is 5.92 Å². The molecule has 1 N–H and O–H groups in total. The zero-order valence-electron chi connectivity index (χ0n) is 21.0. The summed E-state index contributed by atoms with van der Waals surface area (Å²) in [5, 5.41) is 3.10. The van der Waals surface area contributed by atoms with Crippen molar-refractivity contribution in [2.75, 3.05) is 23.4 Å². The lowest BCUT2D eigenvalue weighted by Crippen LogP contribution is -2.28. The van der Waals surface area contributed by atoms with Crippen LogP contribution in [0.5, 0.6) is 11.5 Å². The molecular formula is C29H29ClN2O5. The molecule has 7 nitrogen and oxygen atoms in total. The van der Waals surface area contributed by atoms with E-state index in [0.717, 1.165) is 16.9 Å². The predicted octanol–water partition coefficient (Wildman–Crippen LogP) is 6.10. The molecule has 2 amide bonds. The van der Waals surface area contributed by atoms with Crippen LogP contribution >= 0.6 is 11.6 Å². The molecule has 0 aliphatic carbocycles. The van der Waals surface area contributed by atoms with Crippen LogP contribution < -0.4 is 15.0 Å². The van der Waals surface area contributed by atoms with Gasteiger partial charge < -0.3 is 19.7 Å². The van der Waals surface area contributed by atoms with Crippen LogP contribution in [0.3, 0.4) is 0 Å². The Labute approximate surface area is 221 Å². The fourth-order valence-electron chi connectivity index (χ4n) is 4.16. The van der Waals surface area contributed by atoms with Gasteiger partial charge in [0.1, 0.15) is 11.5 Å². The Morgan fingerprint density at radius 3 is 2.54 bits per heavy atom. The van der Waals surface area contributed by atoms with Gasteiger partial charge in [0.15, 0.2) is 6.61 Å². The summed E-state index contributed by atoms with van der Waals surface area (Å²) in [7, 11) is 0. The van der Waals surface area contributed by atoms with Crippen LogP contribution in [0.25, 0.3) is 0 Å². The van der Waals surface area contributed by atoms with Gasteiger partial charge in [-0.15, -0.1) is 0 Å². The number of carbonyl (C=O) groups is 3. The van der Waals surface area contributed by atoms with Crippen LogP contribution in [-0.4, -0.2) is 30.9 Å². The molecule has 0 bridgehead atoms. The smallest absolute Gasteiger partial charge is 0.311 e. The summed E-state index contributed by atoms with van der Waals surface area (Å²) in [6.07, 6.45) is 0.0219. The van der Waals surface area contributed by atoms with E-state index in [4.69, 9.17) is 21.1 Å². The summed E-state index contributed by atoms with van der Waals surface area (Å²) in [5.41, 5.74) is 3.40. The third-order valence-corrected chi connectivity index (χ3v) is 6.31. The lowest BCUT2D eigenvalue weighted by atomic mass is 10.0. The normalized spacial score (nSPS) is 15.1. The number of nitrogens with one attached hydrogen (secondary N) is 1. The van der Waals surface area contributed by atoms with Crippen molar-refractivity contribution in [2.45, 2.75) is 33.1 Å². The molecule has 1 heterocycles. The zero-order chi connectivity index (χ0) is 26.5. The average molecular weight is 521 g/mol. The Morgan fingerprint density at radius 1 is 1.08 bits per heavy atom. The van der Waals surface area contributed by atoms with Gasteiger partial charge in [-0.3, -0.25) is 14.4 Å². The summed E-state index contributed by atoms with van der Waals surface area (Å²) in [4.78, 5) is 38.8. The van der Waals surface area contributed by atoms with Gasteiger partial charge in [-0.05, 0) is 72.5 Å². The Balaban J connectivity index is 1.33. The fourth-order valence-corrected chi connectivity index (χ4v) is 4.35. The SMILES string of the molecule is Cc1ccc(C(C)C)c(Oc2ccc(N3C[C@H](C(=O)OCC(=O)Nc4cccc(Cl)c4)CC3=O)cc2)c1. The second-order valence-corrected chi connectivity index (χ2v) is 9.80. The molecular weight excluding hydrogens is 492 g/mol. The number of rotatable bonds is 8. The molecule has 1 fully saturated rings. The number of esters is 1. The van der Waals surface area contributed by atoms with E-state index in [-0.39, 0.29) is 18.9 Å². The fraction of sp³-hybridized carbons (Fsp3) is 0.276. The number of aryl methyl sites for hydroxylation is 1. The Hall–Kier alpha value is -3.84. The lowest BCUT2D eigenvalue weighted by Gasteiger charge is -2.18. The minimum atomic E-state index is -0.650. The van der Waals surface area contributed by atoms with Crippen LogP contribution in [0.15, 0.2) is 66.7 Å². The highest BCUT2D eigenvalue weighted by Crippen LogP contribution is 2.33. The van der Waals surface area contributed by atoms with Gasteiger partial charge in [-0.1, -0.05) is 43.6 Å². The molecule has 1 atom stereocenters.